The minimum Gasteiger partial charge on any atom is -0.504 e. The van der Waals surface area contributed by atoms with Crippen molar-refractivity contribution in [3.05, 3.63) is 46.2 Å². The van der Waals surface area contributed by atoms with Crippen LogP contribution in [0.15, 0.2) is 30.3 Å². The number of carbonyl (C=O) groups is 1. The molecule has 0 unspecified atom stereocenters. The van der Waals surface area contributed by atoms with Crippen LogP contribution >= 0.6 is 39.1 Å². The lowest BCUT2D eigenvalue weighted by molar-refractivity contribution is -0.146. The monoisotopic (exact) mass is 450 g/mol. The van der Waals surface area contributed by atoms with Crippen LogP contribution in [0.1, 0.15) is 6.92 Å². The van der Waals surface area contributed by atoms with Gasteiger partial charge >= 0.3 is 5.97 Å². The van der Waals surface area contributed by atoms with Gasteiger partial charge in [-0.3, -0.25) is 4.79 Å². The Balaban J connectivity index is 2.36. The first kappa shape index (κ1) is 19.8. The van der Waals surface area contributed by atoms with E-state index in [0.717, 1.165) is 12.1 Å². The van der Waals surface area contributed by atoms with Gasteiger partial charge in [-0.2, -0.15) is 0 Å². The second-order valence-electron chi connectivity index (χ2n) is 5.09. The predicted octanol–water partition coefficient (Wildman–Crippen LogP) is 5.21. The van der Waals surface area contributed by atoms with E-state index in [1.165, 1.54) is 6.92 Å². The van der Waals surface area contributed by atoms with Crippen LogP contribution in [-0.2, 0) is 9.53 Å². The number of rotatable bonds is 6. The number of phenols is 1. The Morgan fingerprint density at radius 2 is 1.96 bits per heavy atom. The van der Waals surface area contributed by atoms with E-state index >= 15 is 0 Å². The fourth-order valence-corrected chi connectivity index (χ4v) is 3.08. The molecule has 25 heavy (non-hydrogen) atoms. The quantitative estimate of drug-likeness (QED) is 0.483. The van der Waals surface area contributed by atoms with Gasteiger partial charge in [0.2, 0.25) is 0 Å². The summed E-state index contributed by atoms with van der Waals surface area (Å²) in [5.74, 6) is -1.53. The first-order chi connectivity index (χ1) is 11.8. The minimum atomic E-state index is -0.637. The zero-order valence-electron chi connectivity index (χ0n) is 13.1. The summed E-state index contributed by atoms with van der Waals surface area (Å²) < 4.78 is 24.4. The first-order valence-electron chi connectivity index (χ1n) is 7.16. The maximum absolute atomic E-state index is 14.0. The molecule has 0 spiro atoms. The number of hydrogen-bond donors (Lipinski definition) is 1. The molecule has 2 aromatic rings. The van der Waals surface area contributed by atoms with Crippen LogP contribution in [0.4, 0.5) is 4.39 Å². The molecular formula is C17H14BrCl2FO4. The normalized spacial score (nSPS) is 11.9. The van der Waals surface area contributed by atoms with Gasteiger partial charge in [-0.25, -0.2) is 4.39 Å². The van der Waals surface area contributed by atoms with E-state index in [-0.39, 0.29) is 33.7 Å². The summed E-state index contributed by atoms with van der Waals surface area (Å²) in [5.41, 5.74) is 0.401. The number of aromatic hydroxyl groups is 1. The van der Waals surface area contributed by atoms with Crippen LogP contribution in [0.2, 0.25) is 10.0 Å². The molecule has 1 N–H and O–H groups in total. The average Bonchev–Trinajstić information content (AvgIpc) is 2.54. The summed E-state index contributed by atoms with van der Waals surface area (Å²) in [5, 5.41) is 11.3. The highest BCUT2D eigenvalue weighted by molar-refractivity contribution is 9.09. The molecular weight excluding hydrogens is 438 g/mol. The Kier molecular flexibility index (Phi) is 6.93. The van der Waals surface area contributed by atoms with Gasteiger partial charge in [-0.15, -0.1) is 0 Å². The second-order valence-corrected chi connectivity index (χ2v) is 6.56. The summed E-state index contributed by atoms with van der Waals surface area (Å²) >= 11 is 15.4. The Morgan fingerprint density at radius 1 is 1.32 bits per heavy atom. The fraction of sp³-hybridized carbons (Fsp3) is 0.235. The Morgan fingerprint density at radius 3 is 2.52 bits per heavy atom. The van der Waals surface area contributed by atoms with Crippen molar-refractivity contribution in [2.75, 3.05) is 11.9 Å². The van der Waals surface area contributed by atoms with Crippen LogP contribution < -0.4 is 4.74 Å². The number of esters is 1. The Hall–Kier alpha value is -1.50. The van der Waals surface area contributed by atoms with E-state index in [2.05, 4.69) is 15.9 Å². The molecule has 0 saturated heterocycles. The van der Waals surface area contributed by atoms with Crippen LogP contribution in [0.25, 0.3) is 11.1 Å². The van der Waals surface area contributed by atoms with Crippen molar-refractivity contribution >= 4 is 45.1 Å². The summed E-state index contributed by atoms with van der Waals surface area (Å²) in [6, 6.07) is 6.94. The van der Waals surface area contributed by atoms with E-state index < -0.39 is 17.9 Å². The first-order valence-corrected chi connectivity index (χ1v) is 9.04. The van der Waals surface area contributed by atoms with Crippen molar-refractivity contribution in [3.63, 3.8) is 0 Å². The predicted molar refractivity (Wildman–Crippen MR) is 98.4 cm³/mol. The molecule has 1 atom stereocenters. The molecule has 0 aliphatic rings. The van der Waals surface area contributed by atoms with E-state index in [9.17, 15) is 14.3 Å². The lowest BCUT2D eigenvalue weighted by Gasteiger charge is -2.17. The van der Waals surface area contributed by atoms with E-state index in [4.69, 9.17) is 32.7 Å². The van der Waals surface area contributed by atoms with E-state index in [1.807, 2.05) is 0 Å². The SMILES string of the molecule is CC(=O)O[C@H](CBr)COc1cc(F)cc(-c2c(Cl)cccc2Cl)c1O. The number of ether oxygens (including phenoxy) is 2. The highest BCUT2D eigenvalue weighted by Gasteiger charge is 2.19. The number of benzene rings is 2. The number of phenolic OH excluding ortho intramolecular Hbond substituents is 1. The standard InChI is InChI=1S/C17H14BrCl2FO4/c1-9(22)25-11(7-18)8-24-15-6-10(21)5-12(17(15)23)16-13(19)3-2-4-14(16)20/h2-6,11,23H,7-8H2,1H3/t11-/m1/s1. The van der Waals surface area contributed by atoms with Crippen LogP contribution in [0.5, 0.6) is 11.5 Å². The van der Waals surface area contributed by atoms with Crippen LogP contribution in [0, 0.1) is 5.82 Å². The third-order valence-corrected chi connectivity index (χ3v) is 4.55. The topological polar surface area (TPSA) is 55.8 Å². The van der Waals surface area contributed by atoms with Crippen molar-refractivity contribution in [1.29, 1.82) is 0 Å². The molecule has 0 aliphatic heterocycles. The number of halogens is 4. The lowest BCUT2D eigenvalue weighted by Crippen LogP contribution is -2.25. The third kappa shape index (κ3) is 5.00. The van der Waals surface area contributed by atoms with Gasteiger partial charge in [0.25, 0.3) is 0 Å². The highest BCUT2D eigenvalue weighted by Crippen LogP contribution is 2.43. The average molecular weight is 452 g/mol. The summed E-state index contributed by atoms with van der Waals surface area (Å²) in [6.07, 6.45) is -0.590. The summed E-state index contributed by atoms with van der Waals surface area (Å²) in [4.78, 5) is 11.0. The molecule has 0 fully saturated rings. The van der Waals surface area contributed by atoms with Gasteiger partial charge in [0, 0.05) is 29.4 Å². The molecule has 2 aromatic carbocycles. The maximum atomic E-state index is 14.0. The van der Waals surface area contributed by atoms with Crippen molar-refractivity contribution in [1.82, 2.24) is 0 Å². The largest absolute Gasteiger partial charge is 0.504 e. The molecule has 2 rings (SSSR count). The van der Waals surface area contributed by atoms with E-state index in [1.54, 1.807) is 18.2 Å². The molecule has 4 nitrogen and oxygen atoms in total. The van der Waals surface area contributed by atoms with Gasteiger partial charge in [0.05, 0.1) is 10.0 Å². The molecule has 0 bridgehead atoms. The molecule has 0 amide bonds. The van der Waals surface area contributed by atoms with Crippen LogP contribution in [0.3, 0.4) is 0 Å². The molecule has 0 heterocycles. The van der Waals surface area contributed by atoms with Crippen molar-refractivity contribution in [2.45, 2.75) is 13.0 Å². The smallest absolute Gasteiger partial charge is 0.303 e. The van der Waals surface area contributed by atoms with Gasteiger partial charge in [-0.1, -0.05) is 45.2 Å². The number of alkyl halides is 1. The molecule has 0 radical (unpaired) electrons. The Bertz CT molecular complexity index is 765. The maximum Gasteiger partial charge on any atom is 0.303 e. The highest BCUT2D eigenvalue weighted by atomic mass is 79.9. The fourth-order valence-electron chi connectivity index (χ4n) is 2.16. The van der Waals surface area contributed by atoms with Crippen molar-refractivity contribution in [2.24, 2.45) is 0 Å². The molecule has 0 aliphatic carbocycles. The molecule has 0 saturated carbocycles. The Labute approximate surface area is 162 Å². The molecule has 8 heteroatoms. The van der Waals surface area contributed by atoms with Crippen LogP contribution in [-0.4, -0.2) is 29.1 Å². The van der Waals surface area contributed by atoms with Gasteiger partial charge < -0.3 is 14.6 Å². The second kappa shape index (κ2) is 8.74. The third-order valence-electron chi connectivity index (χ3n) is 3.20. The molecule has 0 aromatic heterocycles. The van der Waals surface area contributed by atoms with Gasteiger partial charge in [-0.05, 0) is 18.2 Å². The molecule has 134 valence electrons. The van der Waals surface area contributed by atoms with Gasteiger partial charge in [0.1, 0.15) is 18.5 Å². The van der Waals surface area contributed by atoms with E-state index in [0.29, 0.717) is 10.9 Å². The summed E-state index contributed by atoms with van der Waals surface area (Å²) in [6.45, 7) is 1.20. The number of hydrogen-bond acceptors (Lipinski definition) is 4. The van der Waals surface area contributed by atoms with Gasteiger partial charge in [0.15, 0.2) is 11.5 Å². The summed E-state index contributed by atoms with van der Waals surface area (Å²) in [7, 11) is 0. The zero-order chi connectivity index (χ0) is 18.6. The van der Waals surface area contributed by atoms with Crippen molar-refractivity contribution < 1.29 is 23.8 Å². The van der Waals surface area contributed by atoms with Crippen molar-refractivity contribution in [3.8, 4) is 22.6 Å². The minimum absolute atomic E-state index is 0.0719. The zero-order valence-corrected chi connectivity index (χ0v) is 16.2. The lowest BCUT2D eigenvalue weighted by atomic mass is 10.0. The number of carbonyl (C=O) groups excluding carboxylic acids is 1.